The minimum absolute atomic E-state index is 0.449. The van der Waals surface area contributed by atoms with E-state index in [1.807, 2.05) is 0 Å². The Morgan fingerprint density at radius 3 is 1.84 bits per heavy atom. The number of rotatable bonds is 9. The summed E-state index contributed by atoms with van der Waals surface area (Å²) >= 11 is 0. The molecule has 0 spiro atoms. The van der Waals surface area contributed by atoms with Crippen molar-refractivity contribution < 1.29 is 42.1 Å². The number of benzene rings is 2. The maximum absolute atomic E-state index is 15.4. The van der Waals surface area contributed by atoms with Crippen LogP contribution in [0.1, 0.15) is 25.0 Å². The molecule has 2 aromatic rings. The zero-order chi connectivity index (χ0) is 22.8. The molecule has 170 valence electrons. The van der Waals surface area contributed by atoms with Gasteiger partial charge in [-0.1, -0.05) is 60.7 Å². The third-order valence-electron chi connectivity index (χ3n) is 4.73. The molecule has 0 radical (unpaired) electrons. The highest BCUT2D eigenvalue weighted by Crippen LogP contribution is 2.67. The second kappa shape index (κ2) is 9.03. The lowest BCUT2D eigenvalue weighted by molar-refractivity contribution is -0.316. The molecule has 0 amide bonds. The third-order valence-corrected chi connectivity index (χ3v) is 6.69. The van der Waals surface area contributed by atoms with E-state index < -0.39 is 50.8 Å². The Morgan fingerprint density at radius 1 is 1.00 bits per heavy atom. The first-order valence-corrected chi connectivity index (χ1v) is 11.1. The van der Waals surface area contributed by atoms with E-state index in [0.29, 0.717) is 11.1 Å². The minimum atomic E-state index is -5.44. The van der Waals surface area contributed by atoms with Crippen molar-refractivity contribution in [3.8, 4) is 0 Å². The lowest BCUT2D eigenvalue weighted by Gasteiger charge is -2.37. The van der Waals surface area contributed by atoms with Crippen molar-refractivity contribution in [2.75, 3.05) is 6.61 Å². The van der Waals surface area contributed by atoms with Crippen LogP contribution in [0.2, 0.25) is 0 Å². The van der Waals surface area contributed by atoms with Gasteiger partial charge >= 0.3 is 13.3 Å². The lowest BCUT2D eigenvalue weighted by atomic mass is 10.1. The van der Waals surface area contributed by atoms with Crippen LogP contribution in [-0.2, 0) is 36.3 Å². The van der Waals surface area contributed by atoms with E-state index >= 15 is 8.78 Å². The molecule has 0 saturated carbocycles. The fourth-order valence-corrected chi connectivity index (χ4v) is 4.53. The first-order valence-electron chi connectivity index (χ1n) is 9.58. The molecule has 10 heteroatoms. The summed E-state index contributed by atoms with van der Waals surface area (Å²) < 4.78 is 64.6. The molecular weight excluding hydrogens is 433 g/mol. The molecule has 1 heterocycles. The van der Waals surface area contributed by atoms with Gasteiger partial charge in [-0.2, -0.15) is 8.78 Å². The Bertz CT molecular complexity index is 859. The summed E-state index contributed by atoms with van der Waals surface area (Å²) in [4.78, 5) is 0. The fourth-order valence-electron chi connectivity index (χ4n) is 2.95. The summed E-state index contributed by atoms with van der Waals surface area (Å²) in [5, 5.41) is 20.7. The predicted molar refractivity (Wildman–Crippen MR) is 107 cm³/mol. The average Bonchev–Trinajstić information content (AvgIpc) is 3.12. The highest BCUT2D eigenvalue weighted by molar-refractivity contribution is 7.55. The summed E-state index contributed by atoms with van der Waals surface area (Å²) in [5.74, 6) is -5.21. The lowest BCUT2D eigenvalue weighted by Crippen LogP contribution is -2.58. The number of hydrogen-bond acceptors (Lipinski definition) is 7. The standard InChI is InChI=1S/C21H25F2O7P/c1-19(2)27-15-18(30-19)20(24,25)21(22,23)31(26,28-13-16-9-5-3-6-10-16)29-14-17-11-7-4-8-12-17/h3-12,18,24-25H,13-15H2,1-2H3. The molecule has 31 heavy (non-hydrogen) atoms. The Balaban J connectivity index is 1.88. The van der Waals surface area contributed by atoms with Crippen LogP contribution in [0.15, 0.2) is 60.7 Å². The molecule has 1 unspecified atom stereocenters. The van der Waals surface area contributed by atoms with E-state index in [1.165, 1.54) is 13.8 Å². The number of halogens is 2. The normalized spacial score (nSPS) is 19.5. The van der Waals surface area contributed by atoms with Gasteiger partial charge in [0.15, 0.2) is 5.79 Å². The summed E-state index contributed by atoms with van der Waals surface area (Å²) in [6.45, 7) is 1.32. The van der Waals surface area contributed by atoms with Crippen molar-refractivity contribution in [3.05, 3.63) is 71.8 Å². The van der Waals surface area contributed by atoms with Gasteiger partial charge < -0.3 is 19.7 Å². The van der Waals surface area contributed by atoms with Crippen LogP contribution in [0, 0.1) is 0 Å². The van der Waals surface area contributed by atoms with Gasteiger partial charge in [-0.15, -0.1) is 0 Å². The molecule has 2 N–H and O–H groups in total. The van der Waals surface area contributed by atoms with Gasteiger partial charge in [-0.25, -0.2) is 0 Å². The molecule has 0 aliphatic carbocycles. The summed E-state index contributed by atoms with van der Waals surface area (Å²) in [6.07, 6.45) is -1.88. The van der Waals surface area contributed by atoms with Gasteiger partial charge in [-0.05, 0) is 25.0 Å². The largest absolute Gasteiger partial charge is 0.406 e. The number of ether oxygens (including phenoxy) is 2. The zero-order valence-electron chi connectivity index (χ0n) is 17.1. The van der Waals surface area contributed by atoms with Crippen LogP contribution in [-0.4, -0.2) is 40.2 Å². The molecule has 7 nitrogen and oxygen atoms in total. The minimum Gasteiger partial charge on any atom is -0.358 e. The molecule has 1 aliphatic heterocycles. The maximum Gasteiger partial charge on any atom is 0.406 e. The summed E-state index contributed by atoms with van der Waals surface area (Å²) in [6, 6.07) is 16.4. The number of hydrogen-bond donors (Lipinski definition) is 2. The van der Waals surface area contributed by atoms with Gasteiger partial charge in [0.25, 0.3) is 5.79 Å². The monoisotopic (exact) mass is 458 g/mol. The van der Waals surface area contributed by atoms with Gasteiger partial charge in [-0.3, -0.25) is 13.6 Å². The van der Waals surface area contributed by atoms with Crippen LogP contribution in [0.25, 0.3) is 0 Å². The van der Waals surface area contributed by atoms with Crippen molar-refractivity contribution in [1.29, 1.82) is 0 Å². The topological polar surface area (TPSA) is 94.5 Å². The van der Waals surface area contributed by atoms with Crippen LogP contribution in [0.3, 0.4) is 0 Å². The molecule has 1 saturated heterocycles. The van der Waals surface area contributed by atoms with Crippen molar-refractivity contribution in [2.24, 2.45) is 0 Å². The SMILES string of the molecule is CC1(C)OCC(C(O)(O)C(F)(F)P(=O)(OCc2ccccc2)OCc2ccccc2)O1. The molecular formula is C21H25F2O7P. The Labute approximate surface area is 179 Å². The van der Waals surface area contributed by atoms with Gasteiger partial charge in [0.2, 0.25) is 0 Å². The molecule has 2 aromatic carbocycles. The van der Waals surface area contributed by atoms with Crippen molar-refractivity contribution >= 4 is 7.60 Å². The second-order valence-electron chi connectivity index (χ2n) is 7.60. The van der Waals surface area contributed by atoms with E-state index in [1.54, 1.807) is 60.7 Å². The van der Waals surface area contributed by atoms with Crippen molar-refractivity contribution in [2.45, 2.75) is 50.4 Å². The van der Waals surface area contributed by atoms with Crippen LogP contribution < -0.4 is 0 Å². The van der Waals surface area contributed by atoms with Gasteiger partial charge in [0.05, 0.1) is 19.8 Å². The Morgan fingerprint density at radius 2 is 1.45 bits per heavy atom. The average molecular weight is 458 g/mol. The Kier molecular flexibility index (Phi) is 6.98. The highest BCUT2D eigenvalue weighted by atomic mass is 31.2. The first-order chi connectivity index (χ1) is 14.5. The van der Waals surface area contributed by atoms with E-state index in [0.717, 1.165) is 0 Å². The second-order valence-corrected chi connectivity index (χ2v) is 9.67. The van der Waals surface area contributed by atoms with Gasteiger partial charge in [0.1, 0.15) is 6.10 Å². The van der Waals surface area contributed by atoms with E-state index in [-0.39, 0.29) is 0 Å². The molecule has 1 aliphatic rings. The molecule has 1 atom stereocenters. The van der Waals surface area contributed by atoms with Gasteiger partial charge in [0, 0.05) is 0 Å². The molecule has 3 rings (SSSR count). The van der Waals surface area contributed by atoms with E-state index in [9.17, 15) is 14.8 Å². The van der Waals surface area contributed by atoms with E-state index in [2.05, 4.69) is 0 Å². The maximum atomic E-state index is 15.4. The first kappa shape index (κ1) is 23.9. The third kappa shape index (κ3) is 5.21. The number of aliphatic hydroxyl groups is 2. The molecule has 1 fully saturated rings. The zero-order valence-corrected chi connectivity index (χ0v) is 18.0. The molecule has 0 aromatic heterocycles. The van der Waals surface area contributed by atoms with Crippen molar-refractivity contribution in [1.82, 2.24) is 0 Å². The molecule has 0 bridgehead atoms. The number of alkyl halides is 2. The predicted octanol–water partition coefficient (Wildman–Crippen LogP) is 4.04. The summed E-state index contributed by atoms with van der Waals surface area (Å²) in [5.41, 5.74) is -3.84. The Hall–Kier alpha value is -1.71. The fraction of sp³-hybridized carbons (Fsp3) is 0.429. The smallest absolute Gasteiger partial charge is 0.358 e. The van der Waals surface area contributed by atoms with Crippen LogP contribution in [0.5, 0.6) is 0 Å². The summed E-state index contributed by atoms with van der Waals surface area (Å²) in [7, 11) is -5.44. The van der Waals surface area contributed by atoms with Crippen molar-refractivity contribution in [3.63, 3.8) is 0 Å². The highest BCUT2D eigenvalue weighted by Gasteiger charge is 2.71. The van der Waals surface area contributed by atoms with E-state index in [4.69, 9.17) is 18.5 Å². The van der Waals surface area contributed by atoms with Crippen LogP contribution in [0.4, 0.5) is 8.78 Å². The quantitative estimate of drug-likeness (QED) is 0.433. The van der Waals surface area contributed by atoms with Crippen LogP contribution >= 0.6 is 7.60 Å².